The predicted molar refractivity (Wildman–Crippen MR) is 165 cm³/mol. The summed E-state index contributed by atoms with van der Waals surface area (Å²) in [6.07, 6.45) is 5.03. The van der Waals surface area contributed by atoms with Crippen LogP contribution in [0.5, 0.6) is 5.75 Å². The minimum absolute atomic E-state index is 0.114. The summed E-state index contributed by atoms with van der Waals surface area (Å²) < 4.78 is 14.1. The number of unbranched alkanes of at least 4 members (excludes halogenated alkanes) is 1. The van der Waals surface area contributed by atoms with Crippen LogP contribution in [-0.4, -0.2) is 79.6 Å². The molecule has 216 valence electrons. The lowest BCUT2D eigenvalue weighted by atomic mass is 10.1. The summed E-state index contributed by atoms with van der Waals surface area (Å²) >= 11 is 1.78. The number of benzene rings is 2. The van der Waals surface area contributed by atoms with Gasteiger partial charge in [0.15, 0.2) is 0 Å². The number of piperazine rings is 1. The first-order valence-corrected chi connectivity index (χ1v) is 15.7. The first kappa shape index (κ1) is 27.6. The number of fused-ring (bicyclic) bond motifs is 2. The van der Waals surface area contributed by atoms with Gasteiger partial charge in [-0.3, -0.25) is 9.28 Å². The third-order valence-corrected chi connectivity index (χ3v) is 9.45. The molecule has 6 rings (SSSR count). The zero-order valence-electron chi connectivity index (χ0n) is 23.6. The number of carbonyl (C=O) groups is 1. The van der Waals surface area contributed by atoms with E-state index in [0.29, 0.717) is 13.3 Å². The van der Waals surface area contributed by atoms with Gasteiger partial charge < -0.3 is 24.3 Å². The summed E-state index contributed by atoms with van der Waals surface area (Å²) in [5, 5.41) is 4.47. The second-order valence-corrected chi connectivity index (χ2v) is 12.3. The highest BCUT2D eigenvalue weighted by Gasteiger charge is 2.35. The summed E-state index contributed by atoms with van der Waals surface area (Å²) in [6.45, 7) is 7.31. The Morgan fingerprint density at radius 2 is 1.78 bits per heavy atom. The predicted octanol–water partition coefficient (Wildman–Crippen LogP) is 5.82. The molecule has 2 aliphatic rings. The molecule has 1 amide bonds. The molecule has 0 aliphatic carbocycles. The van der Waals surface area contributed by atoms with Crippen molar-refractivity contribution in [3.8, 4) is 5.75 Å². The van der Waals surface area contributed by atoms with Gasteiger partial charge in [0, 0.05) is 41.0 Å². The van der Waals surface area contributed by atoms with Gasteiger partial charge in [-0.15, -0.1) is 11.3 Å². The summed E-state index contributed by atoms with van der Waals surface area (Å²) in [7, 11) is 0. The molecule has 2 fully saturated rings. The molecular weight excluding hydrogens is 536 g/mol. The number of aromatic nitrogens is 1. The number of aromatic amines is 1. The lowest BCUT2D eigenvalue weighted by Gasteiger charge is -2.45. The number of amides is 1. The number of quaternary nitrogens is 1. The first-order valence-electron chi connectivity index (χ1n) is 14.8. The Morgan fingerprint density at radius 3 is 2.63 bits per heavy atom. The molecule has 41 heavy (non-hydrogen) atoms. The van der Waals surface area contributed by atoms with Crippen LogP contribution in [0, 0.1) is 0 Å². The standard InChI is InChI=1S/C32H38N4O4S/c37-31-12-10-25-9-11-26(23-28(25)33-31)39-21-5-4-18-36(24-40-32(38)35-14-2-1-3-15-35)19-16-34(17-20-36)29-7-6-8-30-27(29)13-22-41-30/h6-13,22-23H,1-5,14-21,24H2/p+1. The molecule has 2 aromatic heterocycles. The number of pyridine rings is 1. The number of rotatable bonds is 9. The molecule has 1 N–H and O–H groups in total. The molecular formula is C32H39N4O4S+. The van der Waals surface area contributed by atoms with Crippen LogP contribution in [0.1, 0.15) is 32.1 Å². The van der Waals surface area contributed by atoms with Crippen molar-refractivity contribution in [3.05, 3.63) is 70.3 Å². The quantitative estimate of drug-likeness (QED) is 0.201. The zero-order chi connectivity index (χ0) is 28.1. The number of hydrogen-bond donors (Lipinski definition) is 1. The van der Waals surface area contributed by atoms with E-state index in [1.165, 1.54) is 28.3 Å². The maximum Gasteiger partial charge on any atom is 0.414 e. The van der Waals surface area contributed by atoms with Crippen molar-refractivity contribution >= 4 is 44.1 Å². The van der Waals surface area contributed by atoms with Gasteiger partial charge in [-0.25, -0.2) is 4.79 Å². The number of nitrogens with zero attached hydrogens (tertiary/aromatic N) is 3. The summed E-state index contributed by atoms with van der Waals surface area (Å²) in [6, 6.07) is 17.9. The Kier molecular flexibility index (Phi) is 8.43. The summed E-state index contributed by atoms with van der Waals surface area (Å²) in [5.74, 6) is 0.759. The maximum atomic E-state index is 12.9. The van der Waals surface area contributed by atoms with Crippen molar-refractivity contribution in [3.63, 3.8) is 0 Å². The Balaban J connectivity index is 1.06. The number of likely N-dealkylation sites (tertiary alicyclic amines) is 1. The van der Waals surface area contributed by atoms with Gasteiger partial charge in [0.1, 0.15) is 5.75 Å². The van der Waals surface area contributed by atoms with Crippen molar-refractivity contribution in [2.45, 2.75) is 32.1 Å². The molecule has 0 unspecified atom stereocenters. The number of H-pyrrole nitrogens is 1. The minimum atomic E-state index is -0.162. The van der Waals surface area contributed by atoms with Gasteiger partial charge in [-0.1, -0.05) is 6.07 Å². The van der Waals surface area contributed by atoms with Gasteiger partial charge in [0.25, 0.3) is 0 Å². The average molecular weight is 576 g/mol. The third-order valence-electron chi connectivity index (χ3n) is 8.57. The van der Waals surface area contributed by atoms with Crippen LogP contribution in [0.3, 0.4) is 0 Å². The van der Waals surface area contributed by atoms with E-state index in [0.717, 1.165) is 92.6 Å². The van der Waals surface area contributed by atoms with Crippen molar-refractivity contribution in [2.75, 3.05) is 64.1 Å². The van der Waals surface area contributed by atoms with E-state index < -0.39 is 0 Å². The highest BCUT2D eigenvalue weighted by Crippen LogP contribution is 2.32. The molecule has 2 saturated heterocycles. The molecule has 0 saturated carbocycles. The molecule has 0 radical (unpaired) electrons. The average Bonchev–Trinajstić information content (AvgIpc) is 3.50. The fraction of sp³-hybridized carbons (Fsp3) is 0.438. The molecule has 4 heterocycles. The molecule has 2 aromatic carbocycles. The van der Waals surface area contributed by atoms with Crippen molar-refractivity contribution in [2.24, 2.45) is 0 Å². The Hall–Kier alpha value is -3.56. The van der Waals surface area contributed by atoms with E-state index in [4.69, 9.17) is 9.47 Å². The van der Waals surface area contributed by atoms with E-state index in [-0.39, 0.29) is 11.7 Å². The fourth-order valence-electron chi connectivity index (χ4n) is 6.12. The van der Waals surface area contributed by atoms with Crippen LogP contribution in [0.25, 0.3) is 21.0 Å². The molecule has 9 heteroatoms. The van der Waals surface area contributed by atoms with Crippen LogP contribution < -0.4 is 15.2 Å². The number of thiophene rings is 1. The number of nitrogens with one attached hydrogen (secondary N) is 1. The summed E-state index contributed by atoms with van der Waals surface area (Å²) in [5.41, 5.74) is 1.97. The number of anilines is 1. The van der Waals surface area contributed by atoms with Gasteiger partial charge in [0.2, 0.25) is 12.3 Å². The smallest absolute Gasteiger partial charge is 0.414 e. The van der Waals surface area contributed by atoms with E-state index in [1.54, 1.807) is 11.3 Å². The van der Waals surface area contributed by atoms with E-state index in [9.17, 15) is 9.59 Å². The van der Waals surface area contributed by atoms with E-state index in [1.807, 2.05) is 29.2 Å². The monoisotopic (exact) mass is 575 g/mol. The van der Waals surface area contributed by atoms with E-state index in [2.05, 4.69) is 39.5 Å². The molecule has 0 bridgehead atoms. The molecule has 0 spiro atoms. The molecule has 2 aliphatic heterocycles. The summed E-state index contributed by atoms with van der Waals surface area (Å²) in [4.78, 5) is 31.8. The van der Waals surface area contributed by atoms with Gasteiger partial charge in [-0.2, -0.15) is 0 Å². The fourth-order valence-corrected chi connectivity index (χ4v) is 6.93. The van der Waals surface area contributed by atoms with Crippen LogP contribution in [0.15, 0.2) is 64.8 Å². The first-order chi connectivity index (χ1) is 20.1. The molecule has 8 nitrogen and oxygen atoms in total. The SMILES string of the molecule is O=C(OC[N+]1(CCCCOc2ccc3ccc(=O)[nH]c3c2)CCN(c2cccc3sccc23)CC1)N1CCCCC1. The van der Waals surface area contributed by atoms with Crippen LogP contribution in [0.4, 0.5) is 10.5 Å². The normalized spacial score (nSPS) is 17.2. The van der Waals surface area contributed by atoms with E-state index >= 15 is 0 Å². The number of ether oxygens (including phenoxy) is 2. The second kappa shape index (κ2) is 12.5. The lowest BCUT2D eigenvalue weighted by Crippen LogP contribution is -2.61. The Bertz CT molecular complexity index is 1540. The topological polar surface area (TPSA) is 74.9 Å². The second-order valence-electron chi connectivity index (χ2n) is 11.3. The Morgan fingerprint density at radius 1 is 0.951 bits per heavy atom. The lowest BCUT2D eigenvalue weighted by molar-refractivity contribution is -0.944. The van der Waals surface area contributed by atoms with Crippen molar-refractivity contribution in [1.82, 2.24) is 9.88 Å². The number of hydrogen-bond acceptors (Lipinski definition) is 6. The van der Waals surface area contributed by atoms with Crippen molar-refractivity contribution < 1.29 is 18.8 Å². The Labute approximate surface area is 244 Å². The van der Waals surface area contributed by atoms with Crippen LogP contribution in [0.2, 0.25) is 0 Å². The highest BCUT2D eigenvalue weighted by molar-refractivity contribution is 7.17. The maximum absolute atomic E-state index is 12.9. The van der Waals surface area contributed by atoms with Gasteiger partial charge in [0.05, 0.1) is 44.8 Å². The highest BCUT2D eigenvalue weighted by atomic mass is 32.1. The zero-order valence-corrected chi connectivity index (χ0v) is 24.4. The van der Waals surface area contributed by atoms with Crippen LogP contribution >= 0.6 is 11.3 Å². The molecule has 4 aromatic rings. The minimum Gasteiger partial charge on any atom is -0.494 e. The number of carbonyl (C=O) groups excluding carboxylic acids is 1. The third kappa shape index (κ3) is 6.52. The largest absolute Gasteiger partial charge is 0.494 e. The number of piperidine rings is 1. The van der Waals surface area contributed by atoms with Crippen molar-refractivity contribution in [1.29, 1.82) is 0 Å². The van der Waals surface area contributed by atoms with Gasteiger partial charge >= 0.3 is 6.09 Å². The van der Waals surface area contributed by atoms with Crippen LogP contribution in [-0.2, 0) is 4.74 Å². The van der Waals surface area contributed by atoms with Gasteiger partial charge in [-0.05, 0) is 79.3 Å². The molecule has 0 atom stereocenters.